The third-order valence-electron chi connectivity index (χ3n) is 5.25. The number of carbonyl (C=O) groups excluding carboxylic acids is 1. The van der Waals surface area contributed by atoms with Crippen molar-refractivity contribution in [3.63, 3.8) is 0 Å². The fourth-order valence-corrected chi connectivity index (χ4v) is 3.63. The molecule has 1 amide bonds. The van der Waals surface area contributed by atoms with Crippen LogP contribution in [0, 0.1) is 17.6 Å². The molecule has 1 fully saturated rings. The molecule has 1 aliphatic heterocycles. The molecule has 0 radical (unpaired) electrons. The lowest BCUT2D eigenvalue weighted by atomic mass is 9.93. The smallest absolute Gasteiger partial charge is 0.259 e. The quantitative estimate of drug-likeness (QED) is 0.642. The minimum Gasteiger partial charge on any atom is -0.477 e. The number of hydrogen-bond acceptors (Lipinski definition) is 5. The van der Waals surface area contributed by atoms with Crippen molar-refractivity contribution in [2.75, 3.05) is 13.2 Å². The zero-order chi connectivity index (χ0) is 21.1. The lowest BCUT2D eigenvalue weighted by Crippen LogP contribution is -2.47. The summed E-state index contributed by atoms with van der Waals surface area (Å²) in [5, 5.41) is 8.07. The van der Waals surface area contributed by atoms with Crippen molar-refractivity contribution in [1.82, 2.24) is 24.9 Å². The van der Waals surface area contributed by atoms with E-state index >= 15 is 0 Å². The summed E-state index contributed by atoms with van der Waals surface area (Å²) in [4.78, 5) is 20.1. The summed E-state index contributed by atoms with van der Waals surface area (Å²) in [7, 11) is 0. The van der Waals surface area contributed by atoms with Crippen molar-refractivity contribution in [2.45, 2.75) is 25.8 Å². The van der Waals surface area contributed by atoms with E-state index in [4.69, 9.17) is 4.74 Å². The molecule has 2 aromatic heterocycles. The van der Waals surface area contributed by atoms with Crippen molar-refractivity contribution < 1.29 is 18.3 Å². The third-order valence-corrected chi connectivity index (χ3v) is 5.25. The van der Waals surface area contributed by atoms with E-state index in [0.29, 0.717) is 24.7 Å². The van der Waals surface area contributed by atoms with Crippen LogP contribution in [0.2, 0.25) is 0 Å². The molecule has 2 unspecified atom stereocenters. The molecule has 4 rings (SSSR count). The van der Waals surface area contributed by atoms with Gasteiger partial charge in [-0.1, -0.05) is 6.07 Å². The molecule has 7 nitrogen and oxygen atoms in total. The molecule has 0 saturated carbocycles. The summed E-state index contributed by atoms with van der Waals surface area (Å²) in [5.41, 5.74) is 0.244. The normalized spacial score (nSPS) is 19.0. The Bertz CT molecular complexity index is 1010. The van der Waals surface area contributed by atoms with Crippen LogP contribution in [-0.2, 0) is 0 Å². The summed E-state index contributed by atoms with van der Waals surface area (Å²) in [6, 6.07) is 7.10. The van der Waals surface area contributed by atoms with Crippen LogP contribution in [0.1, 0.15) is 30.1 Å². The van der Waals surface area contributed by atoms with Gasteiger partial charge in [0.05, 0.1) is 25.2 Å². The Morgan fingerprint density at radius 2 is 1.97 bits per heavy atom. The summed E-state index contributed by atoms with van der Waals surface area (Å²) in [6.45, 7) is 2.70. The fourth-order valence-electron chi connectivity index (χ4n) is 3.63. The number of benzene rings is 1. The largest absolute Gasteiger partial charge is 0.477 e. The van der Waals surface area contributed by atoms with Gasteiger partial charge in [-0.15, -0.1) is 0 Å². The van der Waals surface area contributed by atoms with Crippen LogP contribution in [0.4, 0.5) is 8.78 Å². The second kappa shape index (κ2) is 8.56. The summed E-state index contributed by atoms with van der Waals surface area (Å²) in [5.74, 6) is -1.07. The number of piperidine rings is 1. The highest BCUT2D eigenvalue weighted by Crippen LogP contribution is 2.27. The van der Waals surface area contributed by atoms with Gasteiger partial charge in [0.1, 0.15) is 22.9 Å². The van der Waals surface area contributed by atoms with Gasteiger partial charge >= 0.3 is 0 Å². The number of likely N-dealkylation sites (tertiary alicyclic amines) is 1. The van der Waals surface area contributed by atoms with E-state index in [1.165, 1.54) is 41.5 Å². The first-order valence-corrected chi connectivity index (χ1v) is 9.73. The number of carbonyl (C=O) groups is 1. The molecule has 0 bridgehead atoms. The lowest BCUT2D eigenvalue weighted by Gasteiger charge is -2.38. The molecular formula is C21H21F2N5O2. The fraction of sp³-hybridized carbons (Fsp3) is 0.333. The molecular weight excluding hydrogens is 392 g/mol. The highest BCUT2D eigenvalue weighted by atomic mass is 19.1. The summed E-state index contributed by atoms with van der Waals surface area (Å²) >= 11 is 0. The molecule has 3 aromatic rings. The molecule has 0 aliphatic carbocycles. The van der Waals surface area contributed by atoms with Crippen molar-refractivity contribution in [1.29, 1.82) is 0 Å². The number of nitrogens with zero attached hydrogens (tertiary/aromatic N) is 5. The lowest BCUT2D eigenvalue weighted by molar-refractivity contribution is 0.0498. The molecule has 1 aliphatic rings. The maximum Gasteiger partial charge on any atom is 0.259 e. The number of pyridine rings is 1. The van der Waals surface area contributed by atoms with Gasteiger partial charge in [-0.3, -0.25) is 4.79 Å². The molecule has 3 heterocycles. The number of rotatable bonds is 5. The van der Waals surface area contributed by atoms with E-state index in [1.54, 1.807) is 11.0 Å². The SMILES string of the molecule is CC1CCC(COc2ccc(F)cn2)CN1C(=O)c1c(F)cccc1-n1nccn1. The van der Waals surface area contributed by atoms with Crippen molar-refractivity contribution >= 4 is 5.91 Å². The topological polar surface area (TPSA) is 73.1 Å². The number of hydrogen-bond donors (Lipinski definition) is 0. The number of amides is 1. The predicted octanol–water partition coefficient (Wildman–Crippen LogP) is 3.26. The Hall–Kier alpha value is -3.36. The van der Waals surface area contributed by atoms with Crippen LogP contribution in [0.25, 0.3) is 5.69 Å². The third kappa shape index (κ3) is 4.14. The maximum atomic E-state index is 14.7. The standard InChI is InChI=1S/C21H21F2N5O2/c1-14-5-6-15(13-30-19-8-7-16(22)11-24-19)12-27(14)21(29)20-17(23)3-2-4-18(20)28-25-9-10-26-28/h2-4,7-11,14-15H,5-6,12-13H2,1H3. The van der Waals surface area contributed by atoms with Crippen LogP contribution in [0.15, 0.2) is 48.9 Å². The second-order valence-electron chi connectivity index (χ2n) is 7.33. The minimum atomic E-state index is -0.615. The second-order valence-corrected chi connectivity index (χ2v) is 7.33. The van der Waals surface area contributed by atoms with Crippen LogP contribution < -0.4 is 4.74 Å². The monoisotopic (exact) mass is 413 g/mol. The van der Waals surface area contributed by atoms with Crippen molar-refractivity contribution in [3.8, 4) is 11.6 Å². The predicted molar refractivity (Wildman–Crippen MR) is 104 cm³/mol. The molecule has 1 saturated heterocycles. The molecule has 2 atom stereocenters. The van der Waals surface area contributed by atoms with Crippen molar-refractivity contribution in [2.24, 2.45) is 5.92 Å². The van der Waals surface area contributed by atoms with Crippen molar-refractivity contribution in [3.05, 3.63) is 66.1 Å². The Balaban J connectivity index is 1.51. The first kappa shape index (κ1) is 19.9. The van der Waals surface area contributed by atoms with Gasteiger partial charge in [0.25, 0.3) is 5.91 Å². The van der Waals surface area contributed by atoms with E-state index in [2.05, 4.69) is 15.2 Å². The van der Waals surface area contributed by atoms with Gasteiger partial charge in [0, 0.05) is 24.6 Å². The summed E-state index contributed by atoms with van der Waals surface area (Å²) in [6.07, 6.45) is 5.66. The summed E-state index contributed by atoms with van der Waals surface area (Å²) < 4.78 is 33.3. The maximum absolute atomic E-state index is 14.7. The molecule has 0 N–H and O–H groups in total. The Kier molecular flexibility index (Phi) is 5.69. The van der Waals surface area contributed by atoms with E-state index in [0.717, 1.165) is 19.0 Å². The first-order chi connectivity index (χ1) is 14.5. The Labute approximate surface area is 172 Å². The van der Waals surface area contributed by atoms with Gasteiger partial charge in [-0.2, -0.15) is 15.0 Å². The zero-order valence-electron chi connectivity index (χ0n) is 16.4. The van der Waals surface area contributed by atoms with E-state index in [-0.39, 0.29) is 17.5 Å². The highest BCUT2D eigenvalue weighted by Gasteiger charge is 2.33. The zero-order valence-corrected chi connectivity index (χ0v) is 16.4. The highest BCUT2D eigenvalue weighted by molar-refractivity contribution is 5.98. The van der Waals surface area contributed by atoms with E-state index < -0.39 is 17.5 Å². The van der Waals surface area contributed by atoms with Gasteiger partial charge in [0.2, 0.25) is 5.88 Å². The Morgan fingerprint density at radius 3 is 2.70 bits per heavy atom. The van der Waals surface area contributed by atoms with Crippen LogP contribution in [0.3, 0.4) is 0 Å². The first-order valence-electron chi connectivity index (χ1n) is 9.73. The molecule has 1 aromatic carbocycles. The molecule has 30 heavy (non-hydrogen) atoms. The average Bonchev–Trinajstić information content (AvgIpc) is 3.28. The minimum absolute atomic E-state index is 0.0456. The van der Waals surface area contributed by atoms with Gasteiger partial charge in [0.15, 0.2) is 0 Å². The van der Waals surface area contributed by atoms with E-state index in [1.807, 2.05) is 6.92 Å². The van der Waals surface area contributed by atoms with E-state index in [9.17, 15) is 13.6 Å². The van der Waals surface area contributed by atoms with Gasteiger partial charge in [-0.05, 0) is 38.0 Å². The Morgan fingerprint density at radius 1 is 1.17 bits per heavy atom. The van der Waals surface area contributed by atoms with Crippen LogP contribution in [0.5, 0.6) is 5.88 Å². The van der Waals surface area contributed by atoms with Gasteiger partial charge < -0.3 is 9.64 Å². The van der Waals surface area contributed by atoms with Crippen LogP contribution >= 0.6 is 0 Å². The van der Waals surface area contributed by atoms with Crippen LogP contribution in [-0.4, -0.2) is 50.0 Å². The number of ether oxygens (including phenoxy) is 1. The number of aromatic nitrogens is 4. The number of halogens is 2. The molecule has 156 valence electrons. The average molecular weight is 413 g/mol. The molecule has 0 spiro atoms. The molecule has 9 heteroatoms. The van der Waals surface area contributed by atoms with Gasteiger partial charge in [-0.25, -0.2) is 13.8 Å².